The van der Waals surface area contributed by atoms with Crippen LogP contribution in [0.3, 0.4) is 0 Å². The molecule has 2 aromatic rings. The van der Waals surface area contributed by atoms with Crippen LogP contribution in [0.5, 0.6) is 17.2 Å². The van der Waals surface area contributed by atoms with Crippen molar-refractivity contribution in [1.29, 1.82) is 5.41 Å². The predicted molar refractivity (Wildman–Crippen MR) is 74.3 cm³/mol. The third-order valence-corrected chi connectivity index (χ3v) is 3.11. The molecule has 0 amide bonds. The van der Waals surface area contributed by atoms with Crippen molar-refractivity contribution in [2.45, 2.75) is 6.61 Å². The van der Waals surface area contributed by atoms with Gasteiger partial charge in [-0.25, -0.2) is 4.39 Å². The molecule has 0 aliphatic carbocycles. The molecule has 3 N–H and O–H groups in total. The highest BCUT2D eigenvalue weighted by Crippen LogP contribution is 2.35. The molecule has 3 rings (SSSR count). The molecule has 2 aromatic carbocycles. The molecule has 0 radical (unpaired) electrons. The lowest BCUT2D eigenvalue weighted by atomic mass is 10.1. The molecule has 0 saturated heterocycles. The van der Waals surface area contributed by atoms with Crippen molar-refractivity contribution >= 4 is 5.84 Å². The summed E-state index contributed by atoms with van der Waals surface area (Å²) in [5.41, 5.74) is 5.73. The SMILES string of the molecule is N=C(N)c1cccc(COc2ccc3c(c2)OCO3)c1F. The molecular formula is C15H13FN2O3. The van der Waals surface area contributed by atoms with Gasteiger partial charge < -0.3 is 19.9 Å². The van der Waals surface area contributed by atoms with Crippen molar-refractivity contribution in [2.24, 2.45) is 5.73 Å². The van der Waals surface area contributed by atoms with E-state index >= 15 is 0 Å². The highest BCUT2D eigenvalue weighted by Gasteiger charge is 2.15. The number of rotatable bonds is 4. The molecular weight excluding hydrogens is 275 g/mol. The zero-order valence-corrected chi connectivity index (χ0v) is 11.1. The molecule has 0 atom stereocenters. The van der Waals surface area contributed by atoms with E-state index in [1.165, 1.54) is 6.07 Å². The molecule has 0 spiro atoms. The van der Waals surface area contributed by atoms with Crippen LogP contribution >= 0.6 is 0 Å². The predicted octanol–water partition coefficient (Wildman–Crippen LogP) is 2.42. The van der Waals surface area contributed by atoms with Crippen molar-refractivity contribution in [3.63, 3.8) is 0 Å². The van der Waals surface area contributed by atoms with Crippen molar-refractivity contribution < 1.29 is 18.6 Å². The number of fused-ring (bicyclic) bond motifs is 1. The molecule has 5 nitrogen and oxygen atoms in total. The fourth-order valence-electron chi connectivity index (χ4n) is 2.03. The van der Waals surface area contributed by atoms with Gasteiger partial charge in [0.15, 0.2) is 11.5 Å². The molecule has 108 valence electrons. The fraction of sp³-hybridized carbons (Fsp3) is 0.133. The monoisotopic (exact) mass is 288 g/mol. The quantitative estimate of drug-likeness (QED) is 0.669. The van der Waals surface area contributed by atoms with E-state index in [9.17, 15) is 4.39 Å². The molecule has 1 aliphatic rings. The fourth-order valence-corrected chi connectivity index (χ4v) is 2.03. The van der Waals surface area contributed by atoms with Gasteiger partial charge in [-0.3, -0.25) is 5.41 Å². The molecule has 1 aliphatic heterocycles. The van der Waals surface area contributed by atoms with Gasteiger partial charge in [0.1, 0.15) is 24.0 Å². The van der Waals surface area contributed by atoms with Crippen LogP contribution in [0.25, 0.3) is 0 Å². The van der Waals surface area contributed by atoms with Crippen molar-refractivity contribution in [1.82, 2.24) is 0 Å². The van der Waals surface area contributed by atoms with Gasteiger partial charge >= 0.3 is 0 Å². The zero-order chi connectivity index (χ0) is 14.8. The van der Waals surface area contributed by atoms with E-state index in [0.29, 0.717) is 22.8 Å². The largest absolute Gasteiger partial charge is 0.489 e. The number of benzene rings is 2. The number of halogens is 1. The van der Waals surface area contributed by atoms with E-state index in [-0.39, 0.29) is 24.8 Å². The average Bonchev–Trinajstić information content (AvgIpc) is 2.93. The van der Waals surface area contributed by atoms with Crippen molar-refractivity contribution in [3.8, 4) is 17.2 Å². The number of hydrogen-bond acceptors (Lipinski definition) is 4. The Labute approximate surface area is 120 Å². The molecule has 0 aromatic heterocycles. The van der Waals surface area contributed by atoms with Gasteiger partial charge in [-0.1, -0.05) is 12.1 Å². The number of hydrogen-bond donors (Lipinski definition) is 2. The topological polar surface area (TPSA) is 77.6 Å². The normalized spacial score (nSPS) is 12.2. The number of ether oxygens (including phenoxy) is 3. The molecule has 0 fully saturated rings. The Morgan fingerprint density at radius 1 is 1.24 bits per heavy atom. The van der Waals surface area contributed by atoms with E-state index in [1.807, 2.05) is 0 Å². The second kappa shape index (κ2) is 5.32. The van der Waals surface area contributed by atoms with Crippen LogP contribution in [0.2, 0.25) is 0 Å². The maximum atomic E-state index is 14.1. The minimum Gasteiger partial charge on any atom is -0.489 e. The molecule has 6 heteroatoms. The summed E-state index contributed by atoms with van der Waals surface area (Å²) in [7, 11) is 0. The summed E-state index contributed by atoms with van der Waals surface area (Å²) in [6, 6.07) is 9.84. The van der Waals surface area contributed by atoms with Gasteiger partial charge in [0, 0.05) is 11.6 Å². The second-order valence-corrected chi connectivity index (χ2v) is 4.50. The van der Waals surface area contributed by atoms with Crippen LogP contribution in [-0.4, -0.2) is 12.6 Å². The first-order chi connectivity index (χ1) is 10.1. The summed E-state index contributed by atoms with van der Waals surface area (Å²) in [6.07, 6.45) is 0. The van der Waals surface area contributed by atoms with E-state index in [1.54, 1.807) is 30.3 Å². The number of nitrogen functional groups attached to an aromatic ring is 1. The Morgan fingerprint density at radius 3 is 2.86 bits per heavy atom. The highest BCUT2D eigenvalue weighted by atomic mass is 19.1. The third kappa shape index (κ3) is 2.60. The van der Waals surface area contributed by atoms with Crippen LogP contribution < -0.4 is 19.9 Å². The smallest absolute Gasteiger partial charge is 0.231 e. The van der Waals surface area contributed by atoms with Crippen LogP contribution in [0.4, 0.5) is 4.39 Å². The van der Waals surface area contributed by atoms with E-state index in [4.69, 9.17) is 25.4 Å². The van der Waals surface area contributed by atoms with Gasteiger partial charge in [-0.2, -0.15) is 0 Å². The standard InChI is InChI=1S/C15H13FN2O3/c16-14-9(2-1-3-11(14)15(17)18)7-19-10-4-5-12-13(6-10)21-8-20-12/h1-6H,7-8H2,(H3,17,18). The van der Waals surface area contributed by atoms with Crippen LogP contribution in [0, 0.1) is 11.2 Å². The average molecular weight is 288 g/mol. The Bertz CT molecular complexity index is 703. The zero-order valence-electron chi connectivity index (χ0n) is 11.1. The molecule has 1 heterocycles. The van der Waals surface area contributed by atoms with Gasteiger partial charge in [-0.15, -0.1) is 0 Å². The summed E-state index contributed by atoms with van der Waals surface area (Å²) >= 11 is 0. The van der Waals surface area contributed by atoms with Gasteiger partial charge in [0.2, 0.25) is 6.79 Å². The number of nitrogens with two attached hydrogens (primary N) is 1. The Balaban J connectivity index is 1.76. The van der Waals surface area contributed by atoms with Gasteiger partial charge in [0.05, 0.1) is 5.56 Å². The second-order valence-electron chi connectivity index (χ2n) is 4.50. The molecule has 0 saturated carbocycles. The lowest BCUT2D eigenvalue weighted by Crippen LogP contribution is -2.14. The maximum absolute atomic E-state index is 14.1. The third-order valence-electron chi connectivity index (χ3n) is 3.11. The van der Waals surface area contributed by atoms with Crippen LogP contribution in [0.15, 0.2) is 36.4 Å². The Morgan fingerprint density at radius 2 is 2.05 bits per heavy atom. The van der Waals surface area contributed by atoms with Gasteiger partial charge in [0.25, 0.3) is 0 Å². The summed E-state index contributed by atoms with van der Waals surface area (Å²) in [4.78, 5) is 0. The highest BCUT2D eigenvalue weighted by molar-refractivity contribution is 5.95. The minimum atomic E-state index is -0.536. The lowest BCUT2D eigenvalue weighted by Gasteiger charge is -2.10. The maximum Gasteiger partial charge on any atom is 0.231 e. The Hall–Kier alpha value is -2.76. The number of amidine groups is 1. The van der Waals surface area contributed by atoms with Gasteiger partial charge in [-0.05, 0) is 18.2 Å². The lowest BCUT2D eigenvalue weighted by molar-refractivity contribution is 0.173. The van der Waals surface area contributed by atoms with Crippen molar-refractivity contribution in [2.75, 3.05) is 6.79 Å². The first-order valence-corrected chi connectivity index (χ1v) is 6.29. The first-order valence-electron chi connectivity index (χ1n) is 6.29. The summed E-state index contributed by atoms with van der Waals surface area (Å²) in [5.74, 6) is 0.965. The molecule has 0 bridgehead atoms. The van der Waals surface area contributed by atoms with Crippen LogP contribution in [-0.2, 0) is 6.61 Å². The van der Waals surface area contributed by atoms with E-state index < -0.39 is 5.82 Å². The summed E-state index contributed by atoms with van der Waals surface area (Å²) in [5, 5.41) is 7.32. The summed E-state index contributed by atoms with van der Waals surface area (Å²) in [6.45, 7) is 0.223. The summed E-state index contributed by atoms with van der Waals surface area (Å²) < 4.78 is 30.1. The van der Waals surface area contributed by atoms with E-state index in [0.717, 1.165) is 0 Å². The van der Waals surface area contributed by atoms with E-state index in [2.05, 4.69) is 0 Å². The Kier molecular flexibility index (Phi) is 3.35. The first kappa shape index (κ1) is 13.2. The van der Waals surface area contributed by atoms with Crippen LogP contribution in [0.1, 0.15) is 11.1 Å². The number of nitrogens with one attached hydrogen (secondary N) is 1. The molecule has 0 unspecified atom stereocenters. The minimum absolute atomic E-state index is 0.0343. The molecule has 21 heavy (non-hydrogen) atoms. The van der Waals surface area contributed by atoms with Crippen molar-refractivity contribution in [3.05, 3.63) is 53.3 Å².